The first-order chi connectivity index (χ1) is 24.0. The first-order valence-electron chi connectivity index (χ1n) is 14.6. The molecule has 6 heterocycles. The van der Waals surface area contributed by atoms with Gasteiger partial charge in [-0.3, -0.25) is 0 Å². The fourth-order valence-corrected chi connectivity index (χ4v) is 10.7. The zero-order valence-electron chi connectivity index (χ0n) is 24.3. The summed E-state index contributed by atoms with van der Waals surface area (Å²) in [5.41, 5.74) is 2.29. The molecule has 0 N–H and O–H groups in total. The summed E-state index contributed by atoms with van der Waals surface area (Å²) in [7, 11) is 0. The highest BCUT2D eigenvalue weighted by molar-refractivity contribution is 6.54. The maximum Gasteiger partial charge on any atom is 0.851 e. The number of benzene rings is 4. The molecule has 17 heteroatoms. The van der Waals surface area contributed by atoms with Crippen LogP contribution in [-0.4, -0.2) is 45.4 Å². The molecule has 0 aliphatic carbocycles. The summed E-state index contributed by atoms with van der Waals surface area (Å²) in [5, 5.41) is 4.15. The Morgan fingerprint density at radius 2 is 0.860 bits per heavy atom. The van der Waals surface area contributed by atoms with Crippen molar-refractivity contribution in [1.82, 2.24) is 7.10 Å². The van der Waals surface area contributed by atoms with Crippen molar-refractivity contribution in [2.45, 2.75) is 0 Å². The molecule has 4 aromatic carbocycles. The van der Waals surface area contributed by atoms with Gasteiger partial charge >= 0.3 is 15.0 Å². The van der Waals surface area contributed by atoms with E-state index in [-0.39, 0.29) is 49.7 Å². The van der Waals surface area contributed by atoms with E-state index in [0.717, 1.165) is 0 Å². The summed E-state index contributed by atoms with van der Waals surface area (Å²) in [6.07, 6.45) is 1.69. The molecular formula is C33H9AlCl8FN7. The van der Waals surface area contributed by atoms with Gasteiger partial charge in [-0.05, 0) is 54.6 Å². The van der Waals surface area contributed by atoms with E-state index in [1.807, 2.05) is 0 Å². The highest BCUT2D eigenvalue weighted by Gasteiger charge is 2.43. The minimum absolute atomic E-state index is 0.0990. The molecule has 4 aliphatic heterocycles. The zero-order valence-corrected chi connectivity index (χ0v) is 31.5. The first-order valence-corrected chi connectivity index (χ1v) is 19.1. The largest absolute Gasteiger partial charge is 0.851 e. The van der Waals surface area contributed by atoms with E-state index in [2.05, 4.69) is 0 Å². The number of nitrogens with zero attached hydrogens (tertiary/aromatic N) is 7. The highest BCUT2D eigenvalue weighted by Crippen LogP contribution is 2.48. The Kier molecular flexibility index (Phi) is 7.03. The van der Waals surface area contributed by atoms with E-state index >= 15 is 3.52 Å². The molecule has 0 saturated heterocycles. The lowest BCUT2D eigenvalue weighted by Crippen LogP contribution is -2.43. The van der Waals surface area contributed by atoms with E-state index in [1.165, 1.54) is 7.10 Å². The van der Waals surface area contributed by atoms with Crippen LogP contribution in [0.3, 0.4) is 0 Å². The zero-order chi connectivity index (χ0) is 34.5. The van der Waals surface area contributed by atoms with Crippen molar-refractivity contribution in [2.24, 2.45) is 25.0 Å². The molecule has 0 radical (unpaired) electrons. The Bertz CT molecular complexity index is 2750. The lowest BCUT2D eigenvalue weighted by molar-refractivity contribution is 0.737. The quantitative estimate of drug-likeness (QED) is 0.137. The average molecular weight is 833 g/mol. The number of amidine groups is 3. The van der Waals surface area contributed by atoms with E-state index in [4.69, 9.17) is 118 Å². The van der Waals surface area contributed by atoms with E-state index in [1.54, 1.807) is 54.6 Å². The maximum absolute atomic E-state index is 18.4. The van der Waals surface area contributed by atoms with Gasteiger partial charge < -0.3 is 10.6 Å². The third-order valence-corrected chi connectivity index (χ3v) is 13.4. The minimum atomic E-state index is -4.12. The molecule has 4 aliphatic rings. The SMILES string of the molecule is [F][Al]1[n]2c3c4c(Cl)ccc(Cl)c4c2N=C2N=C(N=c4c5c(Cl)ccc(Cl)c5c([n]41)=CC1=NC(=N3)c3c(Cl)ccc(Cl)c31)c1c(Cl)ccc(Cl)c12. The third-order valence-electron chi connectivity index (χ3n) is 8.99. The van der Waals surface area contributed by atoms with Crippen LogP contribution in [-0.2, 0) is 0 Å². The number of hydrogen-bond acceptors (Lipinski definition) is 5. The van der Waals surface area contributed by atoms with Crippen LogP contribution in [0, 0.1) is 0 Å². The van der Waals surface area contributed by atoms with Crippen LogP contribution in [0.5, 0.6) is 0 Å². The van der Waals surface area contributed by atoms with Gasteiger partial charge in [-0.1, -0.05) is 92.8 Å². The van der Waals surface area contributed by atoms with Crippen molar-refractivity contribution in [3.05, 3.63) is 122 Å². The Hall–Kier alpha value is -2.91. The second kappa shape index (κ2) is 11.1. The summed E-state index contributed by atoms with van der Waals surface area (Å²) in [5.74, 6) is 0.665. The van der Waals surface area contributed by atoms with Gasteiger partial charge in [0, 0.05) is 38.0 Å². The Morgan fingerprint density at radius 3 is 1.42 bits per heavy atom. The van der Waals surface area contributed by atoms with Gasteiger partial charge in [0.1, 0.15) is 17.1 Å². The Morgan fingerprint density at radius 1 is 0.440 bits per heavy atom. The predicted octanol–water partition coefficient (Wildman–Crippen LogP) is 10.3. The molecule has 2 aromatic heterocycles. The monoisotopic (exact) mass is 829 g/mol. The normalized spacial score (nSPS) is 15.3. The van der Waals surface area contributed by atoms with Crippen molar-refractivity contribution in [3.8, 4) is 0 Å². The van der Waals surface area contributed by atoms with Gasteiger partial charge in [-0.15, -0.1) is 0 Å². The second-order valence-electron chi connectivity index (χ2n) is 11.6. The van der Waals surface area contributed by atoms with Crippen molar-refractivity contribution in [2.75, 3.05) is 0 Å². The van der Waals surface area contributed by atoms with Crippen LogP contribution in [0.25, 0.3) is 27.6 Å². The smallest absolute Gasteiger partial charge is 0.370 e. The third kappa shape index (κ3) is 4.16. The van der Waals surface area contributed by atoms with E-state index in [0.29, 0.717) is 80.0 Å². The number of fused-ring (bicyclic) bond motifs is 14. The molecule has 50 heavy (non-hydrogen) atoms. The molecule has 7 nitrogen and oxygen atoms in total. The minimum Gasteiger partial charge on any atom is -0.370 e. The second-order valence-corrected chi connectivity index (χ2v) is 16.5. The number of aliphatic imine (C=N–C) groups is 4. The van der Waals surface area contributed by atoms with E-state index < -0.39 is 15.0 Å². The maximum atomic E-state index is 18.4. The van der Waals surface area contributed by atoms with Gasteiger partial charge in [-0.25, -0.2) is 25.0 Å². The van der Waals surface area contributed by atoms with Gasteiger partial charge in [0.15, 0.2) is 17.5 Å². The van der Waals surface area contributed by atoms with Gasteiger partial charge in [0.25, 0.3) is 0 Å². The molecule has 242 valence electrons. The number of aromatic nitrogens is 2. The fraction of sp³-hybridized carbons (Fsp3) is 0. The summed E-state index contributed by atoms with van der Waals surface area (Å²) in [6, 6.07) is 13.1. The summed E-state index contributed by atoms with van der Waals surface area (Å²) in [4.78, 5) is 24.7. The van der Waals surface area contributed by atoms with Crippen molar-refractivity contribution >= 4 is 170 Å². The number of hydrogen-bond donors (Lipinski definition) is 0. The first kappa shape index (κ1) is 31.8. The predicted molar refractivity (Wildman–Crippen MR) is 205 cm³/mol. The summed E-state index contributed by atoms with van der Waals surface area (Å²) in [6.45, 7) is 0. The van der Waals surface area contributed by atoms with Crippen molar-refractivity contribution in [1.29, 1.82) is 0 Å². The molecule has 6 bridgehead atoms. The number of halogens is 9. The molecular weight excluding hydrogens is 824 g/mol. The molecule has 6 aromatic rings. The molecule has 0 unspecified atom stereocenters. The van der Waals surface area contributed by atoms with Crippen LogP contribution in [0.2, 0.25) is 40.2 Å². The summed E-state index contributed by atoms with van der Waals surface area (Å²) < 4.78 is 21.3. The lowest BCUT2D eigenvalue weighted by Gasteiger charge is -2.14. The van der Waals surface area contributed by atoms with Crippen LogP contribution in [0.15, 0.2) is 73.5 Å². The molecule has 10 rings (SSSR count). The molecule has 0 atom stereocenters. The van der Waals surface area contributed by atoms with Gasteiger partial charge in [-0.2, -0.15) is 0 Å². The average Bonchev–Trinajstić information content (AvgIpc) is 3.81. The summed E-state index contributed by atoms with van der Waals surface area (Å²) >= 11 is 50.9. The van der Waals surface area contributed by atoms with E-state index in [9.17, 15) is 0 Å². The standard InChI is InChI=1S/C33H9Cl8N7.Al.FH/c34-10-1-3-12(36)22-20(10)18-9-19-21-11(35)2-4-13(37)23(21)29(43-19)45-31-25-15(39)6-8-17(41)27(25)33(47-31)48-32-26-16(40)7-5-14(38)24(26)30(46-32)44-28(22)42-18;;/h1-9H;;1H/q-2;+3;/p-1. The Labute approximate surface area is 325 Å². The number of rotatable bonds is 0. The fourth-order valence-electron chi connectivity index (χ4n) is 6.94. The Balaban J connectivity index is 1.55. The van der Waals surface area contributed by atoms with Crippen molar-refractivity contribution < 1.29 is 3.52 Å². The highest BCUT2D eigenvalue weighted by atomic mass is 35.5. The molecule has 0 saturated carbocycles. The van der Waals surface area contributed by atoms with Gasteiger partial charge in [0.05, 0.1) is 57.0 Å². The molecule has 0 spiro atoms. The van der Waals surface area contributed by atoms with Crippen LogP contribution >= 0.6 is 92.8 Å². The topological polar surface area (TPSA) is 71.7 Å². The van der Waals surface area contributed by atoms with Crippen LogP contribution in [0.4, 0.5) is 15.2 Å². The lowest BCUT2D eigenvalue weighted by atomic mass is 10.0. The van der Waals surface area contributed by atoms with Crippen LogP contribution < -0.4 is 10.8 Å². The molecule has 0 fully saturated rings. The molecule has 0 amide bonds. The van der Waals surface area contributed by atoms with Gasteiger partial charge in [0.2, 0.25) is 0 Å². The van der Waals surface area contributed by atoms with Crippen LogP contribution in [0.1, 0.15) is 22.3 Å². The van der Waals surface area contributed by atoms with Crippen molar-refractivity contribution in [3.63, 3.8) is 0 Å².